The Balaban J connectivity index is 1.81. The summed E-state index contributed by atoms with van der Waals surface area (Å²) in [4.78, 5) is 0.0230. The van der Waals surface area contributed by atoms with Crippen molar-refractivity contribution in [1.82, 2.24) is 4.72 Å². The number of ether oxygens (including phenoxy) is 1. The second-order valence-electron chi connectivity index (χ2n) is 5.24. The molecule has 1 aromatic carbocycles. The van der Waals surface area contributed by atoms with Gasteiger partial charge in [0.2, 0.25) is 10.0 Å². The van der Waals surface area contributed by atoms with Crippen LogP contribution in [0.5, 0.6) is 0 Å². The standard InChI is InChI=1S/C13H16FNO3S/c1-8-2-3-9(14)6-13(8)19(16,17)15-11-7-12-10(11)4-5-18-12/h2-3,6,10-12,15H,4-5,7H2,1H3/t10-,11+,12+/m1/s1. The Morgan fingerprint density at radius 1 is 1.42 bits per heavy atom. The van der Waals surface area contributed by atoms with Crippen molar-refractivity contribution >= 4 is 10.0 Å². The minimum absolute atomic E-state index is 0.0230. The molecule has 1 saturated carbocycles. The van der Waals surface area contributed by atoms with Gasteiger partial charge >= 0.3 is 0 Å². The molecule has 1 N–H and O–H groups in total. The molecule has 1 aliphatic heterocycles. The second-order valence-corrected chi connectivity index (χ2v) is 6.92. The van der Waals surface area contributed by atoms with Crippen molar-refractivity contribution in [2.75, 3.05) is 6.61 Å². The lowest BCUT2D eigenvalue weighted by atomic mass is 9.77. The normalized spacial score (nSPS) is 29.9. The van der Waals surface area contributed by atoms with E-state index in [4.69, 9.17) is 4.74 Å². The van der Waals surface area contributed by atoms with E-state index in [0.29, 0.717) is 18.6 Å². The highest BCUT2D eigenvalue weighted by molar-refractivity contribution is 7.89. The van der Waals surface area contributed by atoms with Crippen LogP contribution in [-0.4, -0.2) is 27.2 Å². The van der Waals surface area contributed by atoms with Gasteiger partial charge < -0.3 is 4.74 Å². The van der Waals surface area contributed by atoms with Gasteiger partial charge in [-0.1, -0.05) is 6.07 Å². The van der Waals surface area contributed by atoms with E-state index in [0.717, 1.165) is 12.5 Å². The number of rotatable bonds is 3. The molecule has 1 heterocycles. The molecule has 0 spiro atoms. The van der Waals surface area contributed by atoms with Gasteiger partial charge in [0.15, 0.2) is 0 Å². The van der Waals surface area contributed by atoms with Crippen LogP contribution in [0.1, 0.15) is 18.4 Å². The first-order valence-electron chi connectivity index (χ1n) is 6.37. The molecule has 0 aromatic heterocycles. The molecular formula is C13H16FNO3S. The Bertz CT molecular complexity index is 602. The predicted molar refractivity (Wildman–Crippen MR) is 67.7 cm³/mol. The number of aryl methyl sites for hydroxylation is 1. The number of hydrogen-bond acceptors (Lipinski definition) is 3. The third kappa shape index (κ3) is 2.28. The van der Waals surface area contributed by atoms with E-state index >= 15 is 0 Å². The molecule has 3 rings (SSSR count). The number of sulfonamides is 1. The summed E-state index contributed by atoms with van der Waals surface area (Å²) in [6.45, 7) is 2.36. The molecule has 6 heteroatoms. The molecule has 0 unspecified atom stereocenters. The van der Waals surface area contributed by atoms with Gasteiger partial charge in [-0.25, -0.2) is 17.5 Å². The van der Waals surface area contributed by atoms with Gasteiger partial charge in [-0.15, -0.1) is 0 Å². The summed E-state index contributed by atoms with van der Waals surface area (Å²) in [5.41, 5.74) is 0.549. The molecule has 0 amide bonds. The highest BCUT2D eigenvalue weighted by atomic mass is 32.2. The fraction of sp³-hybridized carbons (Fsp3) is 0.538. The van der Waals surface area contributed by atoms with Crippen molar-refractivity contribution in [2.24, 2.45) is 5.92 Å². The molecule has 19 heavy (non-hydrogen) atoms. The molecule has 1 aromatic rings. The van der Waals surface area contributed by atoms with Crippen LogP contribution in [-0.2, 0) is 14.8 Å². The highest BCUT2D eigenvalue weighted by Crippen LogP contribution is 2.39. The summed E-state index contributed by atoms with van der Waals surface area (Å²) >= 11 is 0. The maximum Gasteiger partial charge on any atom is 0.241 e. The Hall–Kier alpha value is -0.980. The molecule has 0 bridgehead atoms. The van der Waals surface area contributed by atoms with E-state index in [2.05, 4.69) is 4.72 Å². The van der Waals surface area contributed by atoms with Crippen LogP contribution in [0.25, 0.3) is 0 Å². The summed E-state index contributed by atoms with van der Waals surface area (Å²) in [5, 5.41) is 0. The molecule has 3 atom stereocenters. The summed E-state index contributed by atoms with van der Waals surface area (Å²) in [5.74, 6) is -0.273. The molecule has 4 nitrogen and oxygen atoms in total. The van der Waals surface area contributed by atoms with Crippen LogP contribution >= 0.6 is 0 Å². The second kappa shape index (κ2) is 4.54. The number of halogens is 1. The topological polar surface area (TPSA) is 55.4 Å². The van der Waals surface area contributed by atoms with Crippen molar-refractivity contribution in [3.8, 4) is 0 Å². The molecule has 1 aliphatic carbocycles. The van der Waals surface area contributed by atoms with E-state index in [1.165, 1.54) is 12.1 Å². The summed E-state index contributed by atoms with van der Waals surface area (Å²) in [7, 11) is -3.66. The lowest BCUT2D eigenvalue weighted by Crippen LogP contribution is -2.53. The predicted octanol–water partition coefficient (Wildman–Crippen LogP) is 1.59. The van der Waals surface area contributed by atoms with E-state index in [1.54, 1.807) is 6.92 Å². The van der Waals surface area contributed by atoms with Crippen LogP contribution in [0.3, 0.4) is 0 Å². The Kier molecular flexibility index (Phi) is 3.11. The van der Waals surface area contributed by atoms with Crippen LogP contribution < -0.4 is 4.72 Å². The minimum Gasteiger partial charge on any atom is -0.378 e. The van der Waals surface area contributed by atoms with Crippen molar-refractivity contribution in [1.29, 1.82) is 0 Å². The van der Waals surface area contributed by atoms with Crippen LogP contribution in [0.2, 0.25) is 0 Å². The van der Waals surface area contributed by atoms with Crippen molar-refractivity contribution in [2.45, 2.75) is 36.8 Å². The third-order valence-corrected chi connectivity index (χ3v) is 5.64. The van der Waals surface area contributed by atoms with Crippen molar-refractivity contribution < 1.29 is 17.5 Å². The summed E-state index contributed by atoms with van der Waals surface area (Å²) in [6, 6.07) is 3.73. The van der Waals surface area contributed by atoms with Gasteiger partial charge in [-0.2, -0.15) is 0 Å². The van der Waals surface area contributed by atoms with Crippen LogP contribution in [0.4, 0.5) is 4.39 Å². The van der Waals surface area contributed by atoms with Crippen molar-refractivity contribution in [3.05, 3.63) is 29.6 Å². The van der Waals surface area contributed by atoms with E-state index in [1.807, 2.05) is 0 Å². The van der Waals surface area contributed by atoms with Gasteiger partial charge in [-0.3, -0.25) is 0 Å². The number of fused-ring (bicyclic) bond motifs is 1. The zero-order chi connectivity index (χ0) is 13.6. The Labute approximate surface area is 112 Å². The van der Waals surface area contributed by atoms with Gasteiger partial charge in [0.05, 0.1) is 11.0 Å². The molecule has 1 saturated heterocycles. The Morgan fingerprint density at radius 3 is 2.95 bits per heavy atom. The van der Waals surface area contributed by atoms with Crippen molar-refractivity contribution in [3.63, 3.8) is 0 Å². The number of hydrogen-bond donors (Lipinski definition) is 1. The van der Waals surface area contributed by atoms with E-state index < -0.39 is 15.8 Å². The fourth-order valence-electron chi connectivity index (χ4n) is 2.86. The number of nitrogens with one attached hydrogen (secondary N) is 1. The zero-order valence-electron chi connectivity index (χ0n) is 10.6. The molecule has 104 valence electrons. The van der Waals surface area contributed by atoms with Gasteiger partial charge in [0, 0.05) is 18.6 Å². The maximum atomic E-state index is 13.2. The maximum absolute atomic E-state index is 13.2. The van der Waals surface area contributed by atoms with Gasteiger partial charge in [0.1, 0.15) is 5.82 Å². The number of benzene rings is 1. The lowest BCUT2D eigenvalue weighted by Gasteiger charge is -2.39. The summed E-state index contributed by atoms with van der Waals surface area (Å²) in [6.07, 6.45) is 1.79. The highest BCUT2D eigenvalue weighted by Gasteiger charge is 2.46. The monoisotopic (exact) mass is 285 g/mol. The average Bonchev–Trinajstić information content (AvgIpc) is 2.71. The molecule has 2 fully saturated rings. The lowest BCUT2D eigenvalue weighted by molar-refractivity contribution is 0.0143. The molecule has 0 radical (unpaired) electrons. The zero-order valence-corrected chi connectivity index (χ0v) is 11.4. The quantitative estimate of drug-likeness (QED) is 0.917. The van der Waals surface area contributed by atoms with Gasteiger partial charge in [0.25, 0.3) is 0 Å². The third-order valence-electron chi connectivity index (χ3n) is 4.01. The molecule has 2 aliphatic rings. The fourth-order valence-corrected chi connectivity index (χ4v) is 4.42. The molecular weight excluding hydrogens is 269 g/mol. The first kappa shape index (κ1) is 13.0. The SMILES string of the molecule is Cc1ccc(F)cc1S(=O)(=O)N[C@H]1C[C@@H]2OCC[C@H]12. The Morgan fingerprint density at radius 2 is 2.21 bits per heavy atom. The average molecular weight is 285 g/mol. The largest absolute Gasteiger partial charge is 0.378 e. The van der Waals surface area contributed by atoms with Crippen LogP contribution in [0, 0.1) is 18.7 Å². The first-order valence-corrected chi connectivity index (χ1v) is 7.86. The summed E-state index contributed by atoms with van der Waals surface area (Å²) < 4.78 is 45.9. The van der Waals surface area contributed by atoms with E-state index in [-0.39, 0.29) is 23.0 Å². The minimum atomic E-state index is -3.66. The smallest absolute Gasteiger partial charge is 0.241 e. The van der Waals surface area contributed by atoms with Crippen LogP contribution in [0.15, 0.2) is 23.1 Å². The van der Waals surface area contributed by atoms with E-state index in [9.17, 15) is 12.8 Å². The van der Waals surface area contributed by atoms with Gasteiger partial charge in [-0.05, 0) is 37.5 Å². The first-order chi connectivity index (χ1) is 8.97.